The Kier molecular flexibility index (Phi) is 3.10. The van der Waals surface area contributed by atoms with Gasteiger partial charge in [-0.05, 0) is 42.0 Å². The lowest BCUT2D eigenvalue weighted by Crippen LogP contribution is -2.45. The van der Waals surface area contributed by atoms with E-state index in [-0.39, 0.29) is 12.1 Å². The maximum atomic E-state index is 9.57. The molecule has 1 heterocycles. The van der Waals surface area contributed by atoms with Crippen LogP contribution >= 0.6 is 0 Å². The summed E-state index contributed by atoms with van der Waals surface area (Å²) in [6.07, 6.45) is 6.61. The Morgan fingerprint density at radius 3 is 2.83 bits per heavy atom. The van der Waals surface area contributed by atoms with Crippen LogP contribution < -0.4 is 5.32 Å². The number of rotatable bonds is 4. The van der Waals surface area contributed by atoms with Crippen molar-refractivity contribution in [3.63, 3.8) is 0 Å². The van der Waals surface area contributed by atoms with Crippen molar-refractivity contribution in [1.29, 1.82) is 0 Å². The molecule has 1 saturated carbocycles. The SMILES string of the molecule is OCC1(NCc2ccc3[nH]ccc3c2)CCCC1. The second kappa shape index (κ2) is 4.75. The second-order valence-corrected chi connectivity index (χ2v) is 5.40. The molecule has 1 aliphatic rings. The molecular weight excluding hydrogens is 224 g/mol. The fourth-order valence-corrected chi connectivity index (χ4v) is 2.94. The quantitative estimate of drug-likeness (QED) is 0.774. The van der Waals surface area contributed by atoms with Crippen molar-refractivity contribution in [2.75, 3.05) is 6.61 Å². The monoisotopic (exact) mass is 244 g/mol. The zero-order valence-corrected chi connectivity index (χ0v) is 10.6. The van der Waals surface area contributed by atoms with Crippen LogP contribution in [0, 0.1) is 0 Å². The number of benzene rings is 1. The number of fused-ring (bicyclic) bond motifs is 1. The molecule has 0 saturated heterocycles. The van der Waals surface area contributed by atoms with E-state index in [1.54, 1.807) is 0 Å². The van der Waals surface area contributed by atoms with Gasteiger partial charge in [0.15, 0.2) is 0 Å². The molecule has 0 aliphatic heterocycles. The third-order valence-corrected chi connectivity index (χ3v) is 4.15. The Balaban J connectivity index is 1.72. The predicted octanol–water partition coefficient (Wildman–Crippen LogP) is 2.56. The number of aromatic nitrogens is 1. The van der Waals surface area contributed by atoms with Crippen molar-refractivity contribution >= 4 is 10.9 Å². The van der Waals surface area contributed by atoms with Crippen LogP contribution in [0.3, 0.4) is 0 Å². The fourth-order valence-electron chi connectivity index (χ4n) is 2.94. The molecule has 1 aliphatic carbocycles. The average molecular weight is 244 g/mol. The van der Waals surface area contributed by atoms with E-state index in [1.165, 1.54) is 29.3 Å². The van der Waals surface area contributed by atoms with Gasteiger partial charge in [-0.1, -0.05) is 18.9 Å². The van der Waals surface area contributed by atoms with E-state index < -0.39 is 0 Å². The zero-order valence-electron chi connectivity index (χ0n) is 10.6. The van der Waals surface area contributed by atoms with Gasteiger partial charge in [-0.25, -0.2) is 0 Å². The first-order valence-electron chi connectivity index (χ1n) is 6.73. The highest BCUT2D eigenvalue weighted by molar-refractivity contribution is 5.79. The van der Waals surface area contributed by atoms with Crippen molar-refractivity contribution in [1.82, 2.24) is 10.3 Å². The van der Waals surface area contributed by atoms with Crippen molar-refractivity contribution in [2.24, 2.45) is 0 Å². The molecule has 3 N–H and O–H groups in total. The van der Waals surface area contributed by atoms with Crippen LogP contribution in [0.25, 0.3) is 10.9 Å². The van der Waals surface area contributed by atoms with Crippen molar-refractivity contribution in [3.05, 3.63) is 36.0 Å². The van der Waals surface area contributed by atoms with Crippen LogP contribution in [0.15, 0.2) is 30.5 Å². The van der Waals surface area contributed by atoms with Gasteiger partial charge in [-0.3, -0.25) is 0 Å². The van der Waals surface area contributed by atoms with Crippen molar-refractivity contribution < 1.29 is 5.11 Å². The number of nitrogens with one attached hydrogen (secondary N) is 2. The predicted molar refractivity (Wildman–Crippen MR) is 73.4 cm³/mol. The first kappa shape index (κ1) is 11.8. The summed E-state index contributed by atoms with van der Waals surface area (Å²) in [5.41, 5.74) is 2.42. The fraction of sp³-hybridized carbons (Fsp3) is 0.467. The van der Waals surface area contributed by atoms with Crippen LogP contribution in [0.5, 0.6) is 0 Å². The molecule has 18 heavy (non-hydrogen) atoms. The van der Waals surface area contributed by atoms with Gasteiger partial charge < -0.3 is 15.4 Å². The molecule has 1 fully saturated rings. The van der Waals surface area contributed by atoms with E-state index in [4.69, 9.17) is 0 Å². The summed E-state index contributed by atoms with van der Waals surface area (Å²) >= 11 is 0. The topological polar surface area (TPSA) is 48.0 Å². The Labute approximate surface area is 107 Å². The molecule has 96 valence electrons. The minimum absolute atomic E-state index is 0.0346. The molecular formula is C15H20N2O. The van der Waals surface area contributed by atoms with Gasteiger partial charge in [0.1, 0.15) is 0 Å². The summed E-state index contributed by atoms with van der Waals surface area (Å²) < 4.78 is 0. The highest BCUT2D eigenvalue weighted by atomic mass is 16.3. The third kappa shape index (κ3) is 2.16. The van der Waals surface area contributed by atoms with Crippen LogP contribution in [0.4, 0.5) is 0 Å². The summed E-state index contributed by atoms with van der Waals surface area (Å²) in [4.78, 5) is 3.20. The van der Waals surface area contributed by atoms with Gasteiger partial charge >= 0.3 is 0 Å². The number of aromatic amines is 1. The summed E-state index contributed by atoms with van der Waals surface area (Å²) in [6.45, 7) is 1.08. The summed E-state index contributed by atoms with van der Waals surface area (Å²) in [5.74, 6) is 0. The molecule has 3 rings (SSSR count). The van der Waals surface area contributed by atoms with E-state index in [9.17, 15) is 5.11 Å². The molecule has 3 heteroatoms. The molecule has 0 unspecified atom stereocenters. The van der Waals surface area contributed by atoms with E-state index in [1.807, 2.05) is 6.20 Å². The molecule has 1 aromatic heterocycles. The number of hydrogen-bond donors (Lipinski definition) is 3. The Bertz CT molecular complexity index is 526. The average Bonchev–Trinajstić information content (AvgIpc) is 3.05. The number of aliphatic hydroxyl groups is 1. The Morgan fingerprint density at radius 1 is 1.22 bits per heavy atom. The van der Waals surface area contributed by atoms with Gasteiger partial charge in [0.2, 0.25) is 0 Å². The Morgan fingerprint density at radius 2 is 2.06 bits per heavy atom. The van der Waals surface area contributed by atoms with Gasteiger partial charge in [-0.15, -0.1) is 0 Å². The third-order valence-electron chi connectivity index (χ3n) is 4.15. The summed E-state index contributed by atoms with van der Waals surface area (Å²) in [7, 11) is 0. The van der Waals surface area contributed by atoms with Crippen LogP contribution in [0.2, 0.25) is 0 Å². The molecule has 0 amide bonds. The van der Waals surface area contributed by atoms with Crippen LogP contribution in [0.1, 0.15) is 31.2 Å². The van der Waals surface area contributed by atoms with E-state index >= 15 is 0 Å². The maximum Gasteiger partial charge on any atom is 0.0613 e. The lowest BCUT2D eigenvalue weighted by Gasteiger charge is -2.28. The standard InChI is InChI=1S/C15H20N2O/c18-11-15(6-1-2-7-15)17-10-12-3-4-14-13(9-12)5-8-16-14/h3-5,8-9,16-18H,1-2,6-7,10-11H2. The second-order valence-electron chi connectivity index (χ2n) is 5.40. The van der Waals surface area contributed by atoms with Crippen molar-refractivity contribution in [3.8, 4) is 0 Å². The van der Waals surface area contributed by atoms with E-state index in [0.717, 1.165) is 19.4 Å². The highest BCUT2D eigenvalue weighted by Gasteiger charge is 2.32. The first-order valence-corrected chi connectivity index (χ1v) is 6.73. The molecule has 0 radical (unpaired) electrons. The minimum atomic E-state index is -0.0346. The molecule has 3 nitrogen and oxygen atoms in total. The summed E-state index contributed by atoms with van der Waals surface area (Å²) in [5, 5.41) is 14.4. The van der Waals surface area contributed by atoms with Gasteiger partial charge in [0.25, 0.3) is 0 Å². The maximum absolute atomic E-state index is 9.57. The lowest BCUT2D eigenvalue weighted by molar-refractivity contribution is 0.163. The molecule has 2 aromatic rings. The molecule has 0 atom stereocenters. The smallest absolute Gasteiger partial charge is 0.0613 e. The number of hydrogen-bond acceptors (Lipinski definition) is 2. The molecule has 0 bridgehead atoms. The van der Waals surface area contributed by atoms with Gasteiger partial charge in [0.05, 0.1) is 6.61 Å². The highest BCUT2D eigenvalue weighted by Crippen LogP contribution is 2.29. The lowest BCUT2D eigenvalue weighted by atomic mass is 9.98. The Hall–Kier alpha value is -1.32. The summed E-state index contributed by atoms with van der Waals surface area (Å²) in [6, 6.07) is 8.56. The van der Waals surface area contributed by atoms with E-state index in [0.29, 0.717) is 0 Å². The first-order chi connectivity index (χ1) is 8.81. The van der Waals surface area contributed by atoms with E-state index in [2.05, 4.69) is 34.6 Å². The van der Waals surface area contributed by atoms with Crippen LogP contribution in [-0.4, -0.2) is 22.2 Å². The van der Waals surface area contributed by atoms with Gasteiger partial charge in [-0.2, -0.15) is 0 Å². The number of H-pyrrole nitrogens is 1. The van der Waals surface area contributed by atoms with Gasteiger partial charge in [0, 0.05) is 23.8 Å². The zero-order chi connectivity index (χ0) is 12.4. The van der Waals surface area contributed by atoms with Crippen LogP contribution in [-0.2, 0) is 6.54 Å². The number of aliphatic hydroxyl groups excluding tert-OH is 1. The normalized spacial score (nSPS) is 18.5. The molecule has 0 spiro atoms. The van der Waals surface area contributed by atoms with Crippen molar-refractivity contribution in [2.45, 2.75) is 37.8 Å². The minimum Gasteiger partial charge on any atom is -0.394 e. The largest absolute Gasteiger partial charge is 0.394 e. The molecule has 1 aromatic carbocycles.